The van der Waals surface area contributed by atoms with Gasteiger partial charge < -0.3 is 20.2 Å². The lowest BCUT2D eigenvalue weighted by Crippen LogP contribution is -2.23. The Kier molecular flexibility index (Phi) is 6.58. The largest absolute Gasteiger partial charge is 0.478 e. The highest BCUT2D eigenvalue weighted by molar-refractivity contribution is 8.00. The number of rotatable bonds is 7. The molecule has 0 aliphatic rings. The molecule has 1 heterocycles. The number of furan rings is 1. The number of nitrogens with one attached hydrogen (secondary N) is 2. The molecule has 1 atom stereocenters. The van der Waals surface area contributed by atoms with Crippen molar-refractivity contribution in [1.82, 2.24) is 0 Å². The SMILES string of the molecule is Cc1ccc(C(=O)O)cc1NC(=O)C(C)Sc1ccc(NC(=O)c2ccco2)cc1. The van der Waals surface area contributed by atoms with E-state index in [1.807, 2.05) is 12.1 Å². The molecular formula is C22H20N2O5S. The molecule has 0 fully saturated rings. The molecule has 1 unspecified atom stereocenters. The van der Waals surface area contributed by atoms with Crippen molar-refractivity contribution in [2.45, 2.75) is 24.0 Å². The van der Waals surface area contributed by atoms with Gasteiger partial charge >= 0.3 is 5.97 Å². The lowest BCUT2D eigenvalue weighted by Gasteiger charge is -2.14. The van der Waals surface area contributed by atoms with Crippen LogP contribution in [0, 0.1) is 6.92 Å². The predicted molar refractivity (Wildman–Crippen MR) is 115 cm³/mol. The fourth-order valence-corrected chi connectivity index (χ4v) is 3.47. The number of thioether (sulfide) groups is 1. The normalized spacial score (nSPS) is 11.5. The van der Waals surface area contributed by atoms with Gasteiger partial charge in [0.05, 0.1) is 17.1 Å². The maximum absolute atomic E-state index is 12.5. The van der Waals surface area contributed by atoms with Crippen LogP contribution in [0.2, 0.25) is 0 Å². The maximum atomic E-state index is 12.5. The van der Waals surface area contributed by atoms with Gasteiger partial charge in [0, 0.05) is 16.3 Å². The molecule has 3 N–H and O–H groups in total. The zero-order valence-electron chi connectivity index (χ0n) is 16.3. The van der Waals surface area contributed by atoms with Gasteiger partial charge in [-0.05, 0) is 67.9 Å². The zero-order valence-corrected chi connectivity index (χ0v) is 17.2. The maximum Gasteiger partial charge on any atom is 0.335 e. The minimum absolute atomic E-state index is 0.114. The lowest BCUT2D eigenvalue weighted by atomic mass is 10.1. The van der Waals surface area contributed by atoms with E-state index in [1.54, 1.807) is 44.2 Å². The van der Waals surface area contributed by atoms with Crippen molar-refractivity contribution >= 4 is 40.9 Å². The summed E-state index contributed by atoms with van der Waals surface area (Å²) in [6.07, 6.45) is 1.43. The summed E-state index contributed by atoms with van der Waals surface area (Å²) in [4.78, 5) is 36.5. The molecule has 2 amide bonds. The first-order valence-corrected chi connectivity index (χ1v) is 9.98. The van der Waals surface area contributed by atoms with E-state index in [0.717, 1.165) is 10.5 Å². The number of aromatic carboxylic acids is 1. The van der Waals surface area contributed by atoms with E-state index in [9.17, 15) is 14.4 Å². The number of anilines is 2. The van der Waals surface area contributed by atoms with E-state index < -0.39 is 11.2 Å². The van der Waals surface area contributed by atoms with Crippen LogP contribution in [0.5, 0.6) is 0 Å². The van der Waals surface area contributed by atoms with Gasteiger partial charge in [0.1, 0.15) is 0 Å². The van der Waals surface area contributed by atoms with Crippen molar-refractivity contribution in [3.8, 4) is 0 Å². The van der Waals surface area contributed by atoms with Gasteiger partial charge in [0.2, 0.25) is 5.91 Å². The molecule has 0 spiro atoms. The first-order valence-electron chi connectivity index (χ1n) is 9.10. The van der Waals surface area contributed by atoms with Crippen molar-refractivity contribution in [2.24, 2.45) is 0 Å². The Bertz CT molecular complexity index is 1060. The standard InChI is InChI=1S/C22H20N2O5S/c1-13-5-6-15(22(27)28)12-18(13)24-20(25)14(2)30-17-9-7-16(8-10-17)23-21(26)19-4-3-11-29-19/h3-12,14H,1-2H3,(H,23,26)(H,24,25)(H,27,28). The smallest absolute Gasteiger partial charge is 0.335 e. The Balaban J connectivity index is 1.59. The molecule has 8 heteroatoms. The second-order valence-corrected chi connectivity index (χ2v) is 7.95. The molecule has 0 saturated carbocycles. The minimum atomic E-state index is -1.05. The van der Waals surface area contributed by atoms with Gasteiger partial charge in [0.15, 0.2) is 5.76 Å². The molecule has 1 aromatic heterocycles. The van der Waals surface area contributed by atoms with Crippen molar-refractivity contribution in [2.75, 3.05) is 10.6 Å². The van der Waals surface area contributed by atoms with E-state index in [-0.39, 0.29) is 23.1 Å². The Hall–Kier alpha value is -3.52. The van der Waals surface area contributed by atoms with Crippen LogP contribution < -0.4 is 10.6 Å². The summed E-state index contributed by atoms with van der Waals surface area (Å²) in [6, 6.07) is 14.9. The molecule has 3 aromatic rings. The van der Waals surface area contributed by atoms with Crippen LogP contribution in [0.1, 0.15) is 33.4 Å². The quantitative estimate of drug-likeness (QED) is 0.476. The van der Waals surface area contributed by atoms with E-state index in [1.165, 1.54) is 30.2 Å². The zero-order chi connectivity index (χ0) is 21.7. The van der Waals surface area contributed by atoms with Gasteiger partial charge in [-0.2, -0.15) is 0 Å². The van der Waals surface area contributed by atoms with Crippen LogP contribution in [-0.2, 0) is 4.79 Å². The monoisotopic (exact) mass is 424 g/mol. The number of carboxylic acids is 1. The first kappa shape index (κ1) is 21.2. The van der Waals surface area contributed by atoms with Crippen LogP contribution >= 0.6 is 11.8 Å². The summed E-state index contributed by atoms with van der Waals surface area (Å²) < 4.78 is 5.05. The Labute approximate surface area is 177 Å². The second-order valence-electron chi connectivity index (χ2n) is 6.54. The molecule has 0 radical (unpaired) electrons. The Morgan fingerprint density at radius 1 is 1.03 bits per heavy atom. The summed E-state index contributed by atoms with van der Waals surface area (Å²) in [5, 5.41) is 14.2. The molecule has 7 nitrogen and oxygen atoms in total. The molecule has 0 saturated heterocycles. The van der Waals surface area contributed by atoms with Crippen LogP contribution in [0.3, 0.4) is 0 Å². The molecule has 3 rings (SSSR count). The third-order valence-corrected chi connectivity index (χ3v) is 5.39. The van der Waals surface area contributed by atoms with E-state index in [0.29, 0.717) is 11.4 Å². The molecule has 30 heavy (non-hydrogen) atoms. The van der Waals surface area contributed by atoms with E-state index >= 15 is 0 Å². The highest BCUT2D eigenvalue weighted by atomic mass is 32.2. The first-order chi connectivity index (χ1) is 14.3. The van der Waals surface area contributed by atoms with Gasteiger partial charge in [-0.15, -0.1) is 11.8 Å². The third-order valence-electron chi connectivity index (χ3n) is 4.28. The second kappa shape index (κ2) is 9.32. The Morgan fingerprint density at radius 2 is 1.77 bits per heavy atom. The fourth-order valence-electron chi connectivity index (χ4n) is 2.60. The highest BCUT2D eigenvalue weighted by Crippen LogP contribution is 2.26. The number of carbonyl (C=O) groups is 3. The van der Waals surface area contributed by atoms with Gasteiger partial charge in [0.25, 0.3) is 5.91 Å². The lowest BCUT2D eigenvalue weighted by molar-refractivity contribution is -0.115. The number of hydrogen-bond donors (Lipinski definition) is 3. The molecule has 2 aromatic carbocycles. The number of hydrogen-bond acceptors (Lipinski definition) is 5. The summed E-state index contributed by atoms with van der Waals surface area (Å²) in [5.41, 5.74) is 1.98. The summed E-state index contributed by atoms with van der Waals surface area (Å²) in [7, 11) is 0. The summed E-state index contributed by atoms with van der Waals surface area (Å²) >= 11 is 1.35. The number of benzene rings is 2. The Morgan fingerprint density at radius 3 is 2.40 bits per heavy atom. The van der Waals surface area contributed by atoms with Gasteiger partial charge in [-0.25, -0.2) is 4.79 Å². The number of aryl methyl sites for hydroxylation is 1. The van der Waals surface area contributed by atoms with Gasteiger partial charge in [-0.3, -0.25) is 9.59 Å². The van der Waals surface area contributed by atoms with Crippen LogP contribution in [-0.4, -0.2) is 28.1 Å². The minimum Gasteiger partial charge on any atom is -0.478 e. The van der Waals surface area contributed by atoms with Crippen LogP contribution in [0.4, 0.5) is 11.4 Å². The average molecular weight is 424 g/mol. The topological polar surface area (TPSA) is 109 Å². The number of carbonyl (C=O) groups excluding carboxylic acids is 2. The number of carboxylic acid groups (broad SMARTS) is 1. The van der Waals surface area contributed by atoms with E-state index in [4.69, 9.17) is 9.52 Å². The van der Waals surface area contributed by atoms with Crippen LogP contribution in [0.15, 0.2) is 70.2 Å². The van der Waals surface area contributed by atoms with Crippen LogP contribution in [0.25, 0.3) is 0 Å². The molecular weight excluding hydrogens is 404 g/mol. The van der Waals surface area contributed by atoms with Crippen molar-refractivity contribution in [3.63, 3.8) is 0 Å². The van der Waals surface area contributed by atoms with E-state index in [2.05, 4.69) is 10.6 Å². The number of amides is 2. The van der Waals surface area contributed by atoms with Crippen molar-refractivity contribution < 1.29 is 23.9 Å². The average Bonchev–Trinajstić information content (AvgIpc) is 3.26. The molecule has 154 valence electrons. The van der Waals surface area contributed by atoms with Gasteiger partial charge in [-0.1, -0.05) is 6.07 Å². The third kappa shape index (κ3) is 5.30. The van der Waals surface area contributed by atoms with Crippen molar-refractivity contribution in [1.29, 1.82) is 0 Å². The fraction of sp³-hybridized carbons (Fsp3) is 0.136. The predicted octanol–water partition coefficient (Wildman–Crippen LogP) is 4.66. The molecule has 0 bridgehead atoms. The summed E-state index contributed by atoms with van der Waals surface area (Å²) in [6.45, 7) is 3.57. The molecule has 0 aliphatic carbocycles. The highest BCUT2D eigenvalue weighted by Gasteiger charge is 2.17. The summed E-state index contributed by atoms with van der Waals surface area (Å²) in [5.74, 6) is -1.40. The molecule has 0 aliphatic heterocycles. The van der Waals surface area contributed by atoms with Crippen molar-refractivity contribution in [3.05, 3.63) is 77.7 Å².